The molecule has 4 heteroatoms. The molecule has 0 aromatic heterocycles. The van der Waals surface area contributed by atoms with E-state index in [1.165, 1.54) is 0 Å². The summed E-state index contributed by atoms with van der Waals surface area (Å²) in [7, 11) is 3.28. The minimum Gasteiger partial charge on any atom is -0.355 e. The molecule has 0 rings (SSSR count). The van der Waals surface area contributed by atoms with Crippen molar-refractivity contribution in [1.82, 2.24) is 0 Å². The molecule has 0 radical (unpaired) electrons. The summed E-state index contributed by atoms with van der Waals surface area (Å²) in [6, 6.07) is 0. The number of alkyl halides is 1. The average molecular weight is 243 g/mol. The first-order valence-electron chi connectivity index (χ1n) is 3.56. The molecule has 0 spiro atoms. The third-order valence-corrected chi connectivity index (χ3v) is 2.60. The molecule has 0 aliphatic rings. The fourth-order valence-corrected chi connectivity index (χ4v) is 1.75. The lowest BCUT2D eigenvalue weighted by molar-refractivity contribution is -0.101. The van der Waals surface area contributed by atoms with Crippen LogP contribution in [-0.4, -0.2) is 31.1 Å². The predicted molar refractivity (Wildman–Crippen MR) is 53.6 cm³/mol. The molecule has 0 aromatic carbocycles. The Balaban J connectivity index is 3.51. The zero-order chi connectivity index (χ0) is 8.69. The van der Waals surface area contributed by atoms with Crippen LogP contribution < -0.4 is 0 Å². The van der Waals surface area contributed by atoms with Gasteiger partial charge in [-0.3, -0.25) is 0 Å². The first kappa shape index (κ1) is 11.8. The number of halogens is 1. The molecule has 0 aromatic rings. The van der Waals surface area contributed by atoms with E-state index < -0.39 is 0 Å². The van der Waals surface area contributed by atoms with Crippen molar-refractivity contribution in [2.45, 2.75) is 24.0 Å². The fraction of sp³-hybridized carbons (Fsp3) is 1.00. The number of methoxy groups -OCH3 is 2. The van der Waals surface area contributed by atoms with Crippen molar-refractivity contribution in [3.8, 4) is 0 Å². The Morgan fingerprint density at radius 1 is 1.36 bits per heavy atom. The minimum absolute atomic E-state index is 0.144. The van der Waals surface area contributed by atoms with Crippen LogP contribution in [0.2, 0.25) is 0 Å². The maximum Gasteiger partial charge on any atom is 0.169 e. The van der Waals surface area contributed by atoms with Crippen molar-refractivity contribution in [2.24, 2.45) is 0 Å². The van der Waals surface area contributed by atoms with Gasteiger partial charge >= 0.3 is 0 Å². The van der Waals surface area contributed by atoms with Crippen molar-refractivity contribution in [1.29, 1.82) is 0 Å². The minimum atomic E-state index is -0.144. The topological polar surface area (TPSA) is 18.5 Å². The summed E-state index contributed by atoms with van der Waals surface area (Å²) in [5.74, 6) is 0.905. The maximum absolute atomic E-state index is 5.06. The molecule has 0 bridgehead atoms. The van der Waals surface area contributed by atoms with E-state index in [1.54, 1.807) is 14.2 Å². The number of hydrogen-bond acceptors (Lipinski definition) is 3. The standard InChI is InChI=1S/C7H15BrO2S/c1-9-7(10-2)6(8)4-3-5-11/h6-7,11H,3-5H2,1-2H3. The normalized spacial score (nSPS) is 13.9. The van der Waals surface area contributed by atoms with E-state index in [0.717, 1.165) is 18.6 Å². The van der Waals surface area contributed by atoms with Crippen LogP contribution in [-0.2, 0) is 9.47 Å². The summed E-state index contributed by atoms with van der Waals surface area (Å²) < 4.78 is 10.1. The average Bonchev–Trinajstić information content (AvgIpc) is 2.03. The molecule has 0 fully saturated rings. The van der Waals surface area contributed by atoms with Gasteiger partial charge in [-0.25, -0.2) is 0 Å². The van der Waals surface area contributed by atoms with Gasteiger partial charge in [0.1, 0.15) is 0 Å². The molecule has 0 saturated carbocycles. The molecule has 1 atom stereocenters. The SMILES string of the molecule is COC(OC)C(Br)CCCS. The van der Waals surface area contributed by atoms with Crippen LogP contribution in [0.5, 0.6) is 0 Å². The quantitative estimate of drug-likeness (QED) is 0.437. The Kier molecular flexibility index (Phi) is 7.91. The lowest BCUT2D eigenvalue weighted by Crippen LogP contribution is -2.24. The van der Waals surface area contributed by atoms with Gasteiger partial charge in [-0.15, -0.1) is 0 Å². The summed E-state index contributed by atoms with van der Waals surface area (Å²) in [4.78, 5) is 0.268. The molecule has 2 nitrogen and oxygen atoms in total. The van der Waals surface area contributed by atoms with Crippen molar-refractivity contribution in [3.63, 3.8) is 0 Å². The Morgan fingerprint density at radius 3 is 2.27 bits per heavy atom. The molecule has 0 saturated heterocycles. The van der Waals surface area contributed by atoms with Crippen molar-refractivity contribution in [2.75, 3.05) is 20.0 Å². The van der Waals surface area contributed by atoms with Crippen LogP contribution in [0.25, 0.3) is 0 Å². The largest absolute Gasteiger partial charge is 0.355 e. The summed E-state index contributed by atoms with van der Waals surface area (Å²) in [5, 5.41) is 0. The number of ether oxygens (including phenoxy) is 2. The van der Waals surface area contributed by atoms with Crippen LogP contribution in [0.3, 0.4) is 0 Å². The molecule has 0 aliphatic heterocycles. The van der Waals surface area contributed by atoms with Gasteiger partial charge in [0.2, 0.25) is 0 Å². The lowest BCUT2D eigenvalue weighted by atomic mass is 10.2. The number of thiol groups is 1. The Morgan fingerprint density at radius 2 is 1.91 bits per heavy atom. The zero-order valence-corrected chi connectivity index (χ0v) is 9.40. The van der Waals surface area contributed by atoms with E-state index in [4.69, 9.17) is 9.47 Å². The third-order valence-electron chi connectivity index (χ3n) is 1.40. The zero-order valence-electron chi connectivity index (χ0n) is 6.92. The van der Waals surface area contributed by atoms with Crippen LogP contribution in [0.4, 0.5) is 0 Å². The van der Waals surface area contributed by atoms with E-state index in [1.807, 2.05) is 0 Å². The summed E-state index contributed by atoms with van der Waals surface area (Å²) in [5.41, 5.74) is 0. The van der Waals surface area contributed by atoms with Gasteiger partial charge in [-0.05, 0) is 18.6 Å². The Labute approximate surface area is 82.2 Å². The van der Waals surface area contributed by atoms with Crippen molar-refractivity contribution >= 4 is 28.6 Å². The van der Waals surface area contributed by atoms with Crippen molar-refractivity contribution in [3.05, 3.63) is 0 Å². The smallest absolute Gasteiger partial charge is 0.169 e. The summed E-state index contributed by atoms with van der Waals surface area (Å²) >= 11 is 7.60. The highest BCUT2D eigenvalue weighted by Gasteiger charge is 2.16. The van der Waals surface area contributed by atoms with E-state index in [9.17, 15) is 0 Å². The first-order valence-corrected chi connectivity index (χ1v) is 5.11. The highest BCUT2D eigenvalue weighted by Crippen LogP contribution is 2.15. The molecular weight excluding hydrogens is 228 g/mol. The van der Waals surface area contributed by atoms with Crippen LogP contribution in [0.1, 0.15) is 12.8 Å². The maximum atomic E-state index is 5.06. The van der Waals surface area contributed by atoms with Gasteiger partial charge in [0.05, 0.1) is 4.83 Å². The fourth-order valence-electron chi connectivity index (χ4n) is 0.814. The Bertz CT molecular complexity index is 88.5. The van der Waals surface area contributed by atoms with E-state index >= 15 is 0 Å². The Hall–Kier alpha value is 0.750. The van der Waals surface area contributed by atoms with Crippen LogP contribution in [0, 0.1) is 0 Å². The second kappa shape index (κ2) is 7.40. The molecule has 11 heavy (non-hydrogen) atoms. The second-order valence-corrected chi connectivity index (χ2v) is 3.84. The van der Waals surface area contributed by atoms with Gasteiger partial charge < -0.3 is 9.47 Å². The molecule has 0 aliphatic carbocycles. The molecule has 0 N–H and O–H groups in total. The van der Waals surface area contributed by atoms with Gasteiger partial charge in [0, 0.05) is 14.2 Å². The lowest BCUT2D eigenvalue weighted by Gasteiger charge is -2.18. The van der Waals surface area contributed by atoms with E-state index in [0.29, 0.717) is 0 Å². The molecule has 0 amide bonds. The summed E-state index contributed by atoms with van der Waals surface area (Å²) in [6.45, 7) is 0. The van der Waals surface area contributed by atoms with Gasteiger partial charge in [-0.2, -0.15) is 12.6 Å². The second-order valence-electron chi connectivity index (χ2n) is 2.22. The van der Waals surface area contributed by atoms with Gasteiger partial charge in [0.15, 0.2) is 6.29 Å². The monoisotopic (exact) mass is 242 g/mol. The highest BCUT2D eigenvalue weighted by atomic mass is 79.9. The number of hydrogen-bond donors (Lipinski definition) is 1. The van der Waals surface area contributed by atoms with E-state index in [2.05, 4.69) is 28.6 Å². The molecule has 1 unspecified atom stereocenters. The first-order chi connectivity index (χ1) is 5.26. The molecule has 68 valence electrons. The molecule has 0 heterocycles. The van der Waals surface area contributed by atoms with Crippen LogP contribution >= 0.6 is 28.6 Å². The highest BCUT2D eigenvalue weighted by molar-refractivity contribution is 9.09. The van der Waals surface area contributed by atoms with Crippen molar-refractivity contribution < 1.29 is 9.47 Å². The van der Waals surface area contributed by atoms with Gasteiger partial charge in [0.25, 0.3) is 0 Å². The summed E-state index contributed by atoms with van der Waals surface area (Å²) in [6.07, 6.45) is 1.95. The predicted octanol–water partition coefficient (Wildman–Crippen LogP) is 2.08. The number of rotatable bonds is 6. The molecular formula is C7H15BrO2S. The van der Waals surface area contributed by atoms with Crippen LogP contribution in [0.15, 0.2) is 0 Å². The van der Waals surface area contributed by atoms with E-state index in [-0.39, 0.29) is 11.1 Å². The van der Waals surface area contributed by atoms with Gasteiger partial charge in [-0.1, -0.05) is 15.9 Å². The third kappa shape index (κ3) is 5.06.